The summed E-state index contributed by atoms with van der Waals surface area (Å²) in [6.07, 6.45) is 2.49. The molecule has 0 spiro atoms. The lowest BCUT2D eigenvalue weighted by atomic mass is 10.5. The SMILES string of the molecule is ClCCCNc1ncns1. The van der Waals surface area contributed by atoms with Crippen LogP contribution in [0.15, 0.2) is 6.33 Å². The van der Waals surface area contributed by atoms with Crippen molar-refractivity contribution in [1.82, 2.24) is 9.36 Å². The molecule has 1 aromatic rings. The van der Waals surface area contributed by atoms with E-state index in [1.54, 1.807) is 0 Å². The molecule has 1 aromatic heterocycles. The minimum Gasteiger partial charge on any atom is -0.360 e. The molecule has 0 aliphatic carbocycles. The third kappa shape index (κ3) is 2.49. The van der Waals surface area contributed by atoms with Crippen LogP contribution in [0.5, 0.6) is 0 Å². The second-order valence-electron chi connectivity index (χ2n) is 1.72. The molecule has 5 heteroatoms. The van der Waals surface area contributed by atoms with Gasteiger partial charge >= 0.3 is 0 Å². The van der Waals surface area contributed by atoms with E-state index in [1.807, 2.05) is 0 Å². The van der Waals surface area contributed by atoms with Gasteiger partial charge in [-0.3, -0.25) is 0 Å². The number of hydrogen-bond donors (Lipinski definition) is 1. The molecule has 1 N–H and O–H groups in total. The van der Waals surface area contributed by atoms with Gasteiger partial charge in [0.05, 0.1) is 0 Å². The first-order valence-corrected chi connectivity index (χ1v) is 4.31. The number of nitrogens with one attached hydrogen (secondary N) is 1. The van der Waals surface area contributed by atoms with Gasteiger partial charge in [-0.15, -0.1) is 11.6 Å². The average Bonchev–Trinajstić information content (AvgIpc) is 2.41. The van der Waals surface area contributed by atoms with Gasteiger partial charge in [-0.05, 0) is 6.42 Å². The average molecular weight is 178 g/mol. The molecule has 0 unspecified atom stereocenters. The van der Waals surface area contributed by atoms with Gasteiger partial charge < -0.3 is 5.32 Å². The van der Waals surface area contributed by atoms with Crippen LogP contribution in [0, 0.1) is 0 Å². The first kappa shape index (κ1) is 7.75. The Balaban J connectivity index is 2.15. The molecule has 0 bridgehead atoms. The lowest BCUT2D eigenvalue weighted by molar-refractivity contribution is 0.983. The summed E-state index contributed by atoms with van der Waals surface area (Å²) < 4.78 is 3.84. The van der Waals surface area contributed by atoms with Crippen molar-refractivity contribution < 1.29 is 0 Å². The number of aromatic nitrogens is 2. The predicted molar refractivity (Wildman–Crippen MR) is 43.7 cm³/mol. The van der Waals surface area contributed by atoms with E-state index in [1.165, 1.54) is 17.9 Å². The minimum absolute atomic E-state index is 0.686. The van der Waals surface area contributed by atoms with E-state index in [0.29, 0.717) is 5.88 Å². The summed E-state index contributed by atoms with van der Waals surface area (Å²) in [6, 6.07) is 0. The number of nitrogens with zero attached hydrogens (tertiary/aromatic N) is 2. The zero-order chi connectivity index (χ0) is 7.23. The number of alkyl halides is 1. The molecule has 1 rings (SSSR count). The van der Waals surface area contributed by atoms with Gasteiger partial charge in [0.25, 0.3) is 0 Å². The highest BCUT2D eigenvalue weighted by Gasteiger charge is 1.91. The monoisotopic (exact) mass is 177 g/mol. The Morgan fingerprint density at radius 3 is 3.20 bits per heavy atom. The molecule has 0 atom stereocenters. The lowest BCUT2D eigenvalue weighted by Crippen LogP contribution is -2.00. The Kier molecular flexibility index (Phi) is 3.46. The molecule has 0 aliphatic heterocycles. The quantitative estimate of drug-likeness (QED) is 0.561. The molecular formula is C5H8ClN3S. The third-order valence-corrected chi connectivity index (χ3v) is 1.84. The highest BCUT2D eigenvalue weighted by Crippen LogP contribution is 2.05. The topological polar surface area (TPSA) is 37.8 Å². The maximum atomic E-state index is 5.47. The third-order valence-electron chi connectivity index (χ3n) is 0.948. The molecule has 0 saturated heterocycles. The summed E-state index contributed by atoms with van der Waals surface area (Å²) in [5.74, 6) is 0.686. The van der Waals surface area contributed by atoms with Crippen LogP contribution in [0.2, 0.25) is 0 Å². The molecule has 10 heavy (non-hydrogen) atoms. The largest absolute Gasteiger partial charge is 0.360 e. The van der Waals surface area contributed by atoms with Crippen LogP contribution >= 0.6 is 23.1 Å². The molecule has 0 fully saturated rings. The van der Waals surface area contributed by atoms with Crippen molar-refractivity contribution in [3.63, 3.8) is 0 Å². The van der Waals surface area contributed by atoms with Crippen LogP contribution in [0.3, 0.4) is 0 Å². The van der Waals surface area contributed by atoms with Gasteiger partial charge in [-0.1, -0.05) is 0 Å². The van der Waals surface area contributed by atoms with Gasteiger partial charge in [0, 0.05) is 24.0 Å². The number of hydrogen-bond acceptors (Lipinski definition) is 4. The Morgan fingerprint density at radius 2 is 2.60 bits per heavy atom. The normalized spacial score (nSPS) is 9.70. The summed E-state index contributed by atoms with van der Waals surface area (Å²) >= 11 is 6.83. The highest BCUT2D eigenvalue weighted by molar-refractivity contribution is 7.09. The molecular weight excluding hydrogens is 170 g/mol. The van der Waals surface area contributed by atoms with Crippen LogP contribution in [-0.2, 0) is 0 Å². The van der Waals surface area contributed by atoms with Crippen LogP contribution < -0.4 is 5.32 Å². The van der Waals surface area contributed by atoms with Gasteiger partial charge in [-0.2, -0.15) is 4.37 Å². The van der Waals surface area contributed by atoms with Gasteiger partial charge in [0.15, 0.2) is 0 Å². The van der Waals surface area contributed by atoms with Crippen LogP contribution in [0.1, 0.15) is 6.42 Å². The minimum atomic E-state index is 0.686. The molecule has 0 aliphatic rings. The first-order valence-electron chi connectivity index (χ1n) is 3.00. The molecule has 56 valence electrons. The maximum absolute atomic E-state index is 5.47. The van der Waals surface area contributed by atoms with Gasteiger partial charge in [0.1, 0.15) is 6.33 Å². The smallest absolute Gasteiger partial charge is 0.202 e. The van der Waals surface area contributed by atoms with E-state index in [0.717, 1.165) is 18.1 Å². The van der Waals surface area contributed by atoms with Crippen molar-refractivity contribution in [2.45, 2.75) is 6.42 Å². The fourth-order valence-corrected chi connectivity index (χ4v) is 1.10. The van der Waals surface area contributed by atoms with Crippen LogP contribution in [0.4, 0.5) is 5.13 Å². The molecule has 0 amide bonds. The summed E-state index contributed by atoms with van der Waals surface area (Å²) in [7, 11) is 0. The molecule has 0 saturated carbocycles. The van der Waals surface area contributed by atoms with Crippen molar-refractivity contribution in [1.29, 1.82) is 0 Å². The lowest BCUT2D eigenvalue weighted by Gasteiger charge is -1.96. The number of rotatable bonds is 4. The van der Waals surface area contributed by atoms with E-state index < -0.39 is 0 Å². The van der Waals surface area contributed by atoms with Gasteiger partial charge in [-0.25, -0.2) is 4.98 Å². The van der Waals surface area contributed by atoms with Crippen molar-refractivity contribution in [2.24, 2.45) is 0 Å². The fourth-order valence-electron chi connectivity index (χ4n) is 0.513. The van der Waals surface area contributed by atoms with Crippen molar-refractivity contribution in [3.8, 4) is 0 Å². The van der Waals surface area contributed by atoms with Crippen molar-refractivity contribution >= 4 is 28.3 Å². The summed E-state index contributed by atoms with van der Waals surface area (Å²) in [4.78, 5) is 3.94. The Bertz CT molecular complexity index is 165. The standard InChI is InChI=1S/C5H8ClN3S/c6-2-1-3-7-5-8-4-9-10-5/h4H,1-3H2,(H,7,8,9). The van der Waals surface area contributed by atoms with E-state index in [9.17, 15) is 0 Å². The summed E-state index contributed by atoms with van der Waals surface area (Å²) in [5.41, 5.74) is 0. The summed E-state index contributed by atoms with van der Waals surface area (Å²) in [6.45, 7) is 0.874. The van der Waals surface area contributed by atoms with E-state index in [-0.39, 0.29) is 0 Å². The zero-order valence-corrected chi connectivity index (χ0v) is 6.95. The predicted octanol–water partition coefficient (Wildman–Crippen LogP) is 1.58. The number of halogens is 1. The number of anilines is 1. The van der Waals surface area contributed by atoms with E-state index >= 15 is 0 Å². The first-order chi connectivity index (χ1) is 4.93. The Morgan fingerprint density at radius 1 is 1.70 bits per heavy atom. The van der Waals surface area contributed by atoms with E-state index in [4.69, 9.17) is 11.6 Å². The zero-order valence-electron chi connectivity index (χ0n) is 5.38. The Labute approximate surface area is 68.6 Å². The van der Waals surface area contributed by atoms with Crippen LogP contribution in [0.25, 0.3) is 0 Å². The molecule has 0 aromatic carbocycles. The second kappa shape index (κ2) is 4.46. The van der Waals surface area contributed by atoms with Gasteiger partial charge in [0.2, 0.25) is 5.13 Å². The summed E-state index contributed by atoms with van der Waals surface area (Å²) in [5, 5.41) is 3.95. The maximum Gasteiger partial charge on any atom is 0.202 e. The van der Waals surface area contributed by atoms with Crippen molar-refractivity contribution in [3.05, 3.63) is 6.33 Å². The second-order valence-corrected chi connectivity index (χ2v) is 2.87. The molecule has 0 radical (unpaired) electrons. The van der Waals surface area contributed by atoms with Crippen molar-refractivity contribution in [2.75, 3.05) is 17.7 Å². The highest BCUT2D eigenvalue weighted by atomic mass is 35.5. The van der Waals surface area contributed by atoms with Crippen LogP contribution in [-0.4, -0.2) is 21.8 Å². The van der Waals surface area contributed by atoms with E-state index in [2.05, 4.69) is 14.7 Å². The Hall–Kier alpha value is -0.350. The fraction of sp³-hybridized carbons (Fsp3) is 0.600. The molecule has 3 nitrogen and oxygen atoms in total. The molecule has 1 heterocycles.